The van der Waals surface area contributed by atoms with Crippen molar-refractivity contribution in [2.24, 2.45) is 0 Å². The van der Waals surface area contributed by atoms with E-state index in [4.69, 9.17) is 0 Å². The maximum absolute atomic E-state index is 4.41. The highest BCUT2D eigenvalue weighted by Gasteiger charge is 2.07. The summed E-state index contributed by atoms with van der Waals surface area (Å²) in [6.45, 7) is 5.03. The molecule has 5 nitrogen and oxygen atoms in total. The van der Waals surface area contributed by atoms with E-state index in [1.807, 2.05) is 25.9 Å². The second-order valence-corrected chi connectivity index (χ2v) is 4.93. The molecule has 1 N–H and O–H groups in total. The van der Waals surface area contributed by atoms with E-state index in [1.165, 1.54) is 12.8 Å². The average Bonchev–Trinajstić information content (AvgIpc) is 2.29. The lowest BCUT2D eigenvalue weighted by atomic mass is 10.4. The first kappa shape index (κ1) is 14.0. The minimum absolute atomic E-state index is 0.658. The van der Waals surface area contributed by atoms with Crippen molar-refractivity contribution >= 4 is 23.7 Å². The van der Waals surface area contributed by atoms with Crippen LogP contribution in [-0.2, 0) is 0 Å². The van der Waals surface area contributed by atoms with Crippen molar-refractivity contribution in [2.45, 2.75) is 31.8 Å². The van der Waals surface area contributed by atoms with E-state index < -0.39 is 0 Å². The molecule has 1 aromatic heterocycles. The zero-order valence-corrected chi connectivity index (χ0v) is 11.8. The lowest BCUT2D eigenvalue weighted by Gasteiger charge is -2.12. The number of hydrogen-bond donors (Lipinski definition) is 1. The highest BCUT2D eigenvalue weighted by atomic mass is 32.2. The summed E-state index contributed by atoms with van der Waals surface area (Å²) in [4.78, 5) is 15.0. The number of thioether (sulfide) groups is 1. The summed E-state index contributed by atoms with van der Waals surface area (Å²) in [7, 11) is 3.87. The van der Waals surface area contributed by atoms with Crippen molar-refractivity contribution in [2.75, 3.05) is 36.6 Å². The first-order valence-electron chi connectivity index (χ1n) is 5.97. The van der Waals surface area contributed by atoms with E-state index in [-0.39, 0.29) is 0 Å². The van der Waals surface area contributed by atoms with Crippen LogP contribution in [0, 0.1) is 0 Å². The first-order valence-corrected chi connectivity index (χ1v) is 6.96. The smallest absolute Gasteiger partial charge is 0.230 e. The Hall–Kier alpha value is -1.04. The molecule has 96 valence electrons. The van der Waals surface area contributed by atoms with Crippen LogP contribution in [0.5, 0.6) is 0 Å². The molecule has 0 atom stereocenters. The van der Waals surface area contributed by atoms with Crippen molar-refractivity contribution < 1.29 is 0 Å². The van der Waals surface area contributed by atoms with Gasteiger partial charge in [-0.25, -0.2) is 0 Å². The number of nitrogens with zero attached hydrogens (tertiary/aromatic N) is 4. The molecular weight excluding hydrogens is 234 g/mol. The van der Waals surface area contributed by atoms with Crippen molar-refractivity contribution in [3.63, 3.8) is 0 Å². The summed E-state index contributed by atoms with van der Waals surface area (Å²) in [6.07, 6.45) is 2.38. The summed E-state index contributed by atoms with van der Waals surface area (Å²) in [6, 6.07) is 0. The summed E-state index contributed by atoms with van der Waals surface area (Å²) >= 11 is 1.69. The summed E-state index contributed by atoms with van der Waals surface area (Å²) < 4.78 is 0. The summed E-state index contributed by atoms with van der Waals surface area (Å²) in [5, 5.41) is 3.93. The molecular formula is C11H21N5S. The van der Waals surface area contributed by atoms with Gasteiger partial charge in [0.25, 0.3) is 0 Å². The molecule has 0 aliphatic heterocycles. The van der Waals surface area contributed by atoms with Crippen LogP contribution >= 0.6 is 11.8 Å². The van der Waals surface area contributed by atoms with Crippen LogP contribution in [-0.4, -0.2) is 41.3 Å². The number of anilines is 2. The van der Waals surface area contributed by atoms with Crippen molar-refractivity contribution in [3.8, 4) is 0 Å². The molecule has 0 fully saturated rings. The largest absolute Gasteiger partial charge is 0.354 e. The predicted octanol–water partition coefficient (Wildman–Crippen LogP) is 2.26. The minimum atomic E-state index is 0.658. The van der Waals surface area contributed by atoms with Crippen LogP contribution in [0.3, 0.4) is 0 Å². The Bertz CT molecular complexity index is 343. The molecule has 17 heavy (non-hydrogen) atoms. The molecule has 1 rings (SSSR count). The highest BCUT2D eigenvalue weighted by molar-refractivity contribution is 7.99. The zero-order chi connectivity index (χ0) is 12.7. The average molecular weight is 255 g/mol. The molecule has 6 heteroatoms. The van der Waals surface area contributed by atoms with Gasteiger partial charge in [-0.05, 0) is 13.3 Å². The Morgan fingerprint density at radius 1 is 1.18 bits per heavy atom. The number of hydrogen-bond acceptors (Lipinski definition) is 6. The molecule has 1 aromatic rings. The molecule has 0 saturated heterocycles. The third-order valence-electron chi connectivity index (χ3n) is 2.07. The number of rotatable bonds is 7. The standard InChI is InChI=1S/C11H21N5S/c1-5-7-8-17-11-14-9(12-6-2)13-10(15-11)16(3)4/h5-8H2,1-4H3,(H,12,13,14,15). The van der Waals surface area contributed by atoms with Gasteiger partial charge in [0.1, 0.15) is 0 Å². The van der Waals surface area contributed by atoms with Crippen LogP contribution in [0.1, 0.15) is 26.7 Å². The zero-order valence-electron chi connectivity index (χ0n) is 11.0. The van der Waals surface area contributed by atoms with E-state index in [2.05, 4.69) is 27.2 Å². The first-order chi connectivity index (χ1) is 8.17. The Labute approximate surface area is 107 Å². The summed E-state index contributed by atoms with van der Waals surface area (Å²) in [5.74, 6) is 2.42. The normalized spacial score (nSPS) is 10.4. The van der Waals surface area contributed by atoms with Gasteiger partial charge in [0, 0.05) is 26.4 Å². The minimum Gasteiger partial charge on any atom is -0.354 e. The van der Waals surface area contributed by atoms with Gasteiger partial charge >= 0.3 is 0 Å². The lowest BCUT2D eigenvalue weighted by molar-refractivity contribution is 0.854. The Morgan fingerprint density at radius 2 is 1.94 bits per heavy atom. The van der Waals surface area contributed by atoms with Crippen molar-refractivity contribution in [1.29, 1.82) is 0 Å². The number of nitrogens with one attached hydrogen (secondary N) is 1. The quantitative estimate of drug-likeness (QED) is 0.596. The number of aromatic nitrogens is 3. The maximum atomic E-state index is 4.41. The van der Waals surface area contributed by atoms with E-state index in [0.717, 1.165) is 17.5 Å². The topological polar surface area (TPSA) is 53.9 Å². The van der Waals surface area contributed by atoms with Crippen molar-refractivity contribution in [1.82, 2.24) is 15.0 Å². The van der Waals surface area contributed by atoms with Gasteiger partial charge in [-0.3, -0.25) is 0 Å². The summed E-state index contributed by atoms with van der Waals surface area (Å²) in [5.41, 5.74) is 0. The second-order valence-electron chi connectivity index (χ2n) is 3.87. The van der Waals surface area contributed by atoms with Crippen LogP contribution in [0.15, 0.2) is 5.16 Å². The maximum Gasteiger partial charge on any atom is 0.230 e. The van der Waals surface area contributed by atoms with Gasteiger partial charge in [0.05, 0.1) is 0 Å². The Balaban J connectivity index is 2.79. The molecule has 0 aliphatic rings. The molecule has 0 unspecified atom stereocenters. The van der Waals surface area contributed by atoms with E-state index in [0.29, 0.717) is 11.9 Å². The van der Waals surface area contributed by atoms with Gasteiger partial charge in [-0.2, -0.15) is 15.0 Å². The predicted molar refractivity (Wildman–Crippen MR) is 73.9 cm³/mol. The number of unbranched alkanes of at least 4 members (excludes halogenated alkanes) is 1. The van der Waals surface area contributed by atoms with E-state index in [1.54, 1.807) is 11.8 Å². The monoisotopic (exact) mass is 255 g/mol. The van der Waals surface area contributed by atoms with Gasteiger partial charge < -0.3 is 10.2 Å². The van der Waals surface area contributed by atoms with Gasteiger partial charge in [-0.15, -0.1) is 0 Å². The Kier molecular flexibility index (Phi) is 6.04. The molecule has 0 bridgehead atoms. The van der Waals surface area contributed by atoms with E-state index >= 15 is 0 Å². The molecule has 0 saturated carbocycles. The molecule has 1 heterocycles. The third kappa shape index (κ3) is 4.77. The van der Waals surface area contributed by atoms with Gasteiger partial charge in [0.2, 0.25) is 11.9 Å². The van der Waals surface area contributed by atoms with Crippen molar-refractivity contribution in [3.05, 3.63) is 0 Å². The fraction of sp³-hybridized carbons (Fsp3) is 0.727. The van der Waals surface area contributed by atoms with Crippen LogP contribution in [0.25, 0.3) is 0 Å². The van der Waals surface area contributed by atoms with E-state index in [9.17, 15) is 0 Å². The second kappa shape index (κ2) is 7.32. The SMILES string of the molecule is CCCCSc1nc(NCC)nc(N(C)C)n1. The Morgan fingerprint density at radius 3 is 2.53 bits per heavy atom. The van der Waals surface area contributed by atoms with Crippen LogP contribution in [0.2, 0.25) is 0 Å². The molecule has 0 radical (unpaired) electrons. The van der Waals surface area contributed by atoms with Gasteiger partial charge in [-0.1, -0.05) is 25.1 Å². The van der Waals surface area contributed by atoms with Gasteiger partial charge in [0.15, 0.2) is 5.16 Å². The molecule has 0 aromatic carbocycles. The fourth-order valence-corrected chi connectivity index (χ4v) is 2.07. The van der Waals surface area contributed by atoms with Crippen LogP contribution < -0.4 is 10.2 Å². The molecule has 0 aliphatic carbocycles. The fourth-order valence-electron chi connectivity index (χ4n) is 1.16. The van der Waals surface area contributed by atoms with Crippen LogP contribution in [0.4, 0.5) is 11.9 Å². The molecule has 0 spiro atoms. The highest BCUT2D eigenvalue weighted by Crippen LogP contribution is 2.18. The lowest BCUT2D eigenvalue weighted by Crippen LogP contribution is -2.15. The third-order valence-corrected chi connectivity index (χ3v) is 3.00. The molecule has 0 amide bonds.